The molecule has 1 N–H and O–H groups in total. The molecule has 0 radical (unpaired) electrons. The fourth-order valence-corrected chi connectivity index (χ4v) is 3.41. The number of benzene rings is 1. The quantitative estimate of drug-likeness (QED) is 0.531. The molecule has 0 fully saturated rings. The van der Waals surface area contributed by atoms with Gasteiger partial charge in [-0.25, -0.2) is 9.78 Å². The lowest BCUT2D eigenvalue weighted by Crippen LogP contribution is -2.05. The third-order valence-corrected chi connectivity index (χ3v) is 4.73. The number of rotatable bonds is 4. The number of nitrogens with zero attached hydrogens (tertiary/aromatic N) is 2. The summed E-state index contributed by atoms with van der Waals surface area (Å²) < 4.78 is 12.1. The van der Waals surface area contributed by atoms with Crippen molar-refractivity contribution in [2.24, 2.45) is 0 Å². The van der Waals surface area contributed by atoms with E-state index in [1.807, 2.05) is 24.3 Å². The zero-order valence-corrected chi connectivity index (χ0v) is 15.9. The predicted octanol–water partition coefficient (Wildman–Crippen LogP) is 3.68. The highest BCUT2D eigenvalue weighted by Crippen LogP contribution is 2.33. The van der Waals surface area contributed by atoms with Crippen LogP contribution in [0.4, 0.5) is 0 Å². The van der Waals surface area contributed by atoms with Crippen molar-refractivity contribution in [2.75, 3.05) is 13.7 Å². The van der Waals surface area contributed by atoms with Crippen LogP contribution < -0.4 is 10.3 Å². The number of hydrogen-bond donors (Lipinski definition) is 1. The van der Waals surface area contributed by atoms with Crippen molar-refractivity contribution in [3.05, 3.63) is 63.7 Å². The van der Waals surface area contributed by atoms with E-state index < -0.39 is 5.97 Å². The number of hydrogen-bond acceptors (Lipinski definition) is 5. The minimum Gasteiger partial charge on any atom is -0.493 e. The van der Waals surface area contributed by atoms with Gasteiger partial charge in [-0.05, 0) is 48.2 Å². The standard InChI is InChI=1S/C20H16ClN3O4/c1-3-28-20(26)17-18(21)24-14(7-8-15(27-2)19(24)23-17)12-4-6-13-11(10-12)5-9-16(25)22-13/h4-10H,3H2,1-2H3,(H,22,25). The highest BCUT2D eigenvalue weighted by Gasteiger charge is 2.23. The maximum absolute atomic E-state index is 12.2. The Bertz CT molecular complexity index is 1280. The molecule has 4 rings (SSSR count). The number of carbonyl (C=O) groups excluding carboxylic acids is 1. The smallest absolute Gasteiger partial charge is 0.360 e. The number of aromatic amines is 1. The second kappa shape index (κ2) is 7.01. The number of esters is 1. The number of carbonyl (C=O) groups is 1. The van der Waals surface area contributed by atoms with Crippen LogP contribution in [0.15, 0.2) is 47.3 Å². The van der Waals surface area contributed by atoms with E-state index in [0.717, 1.165) is 22.2 Å². The fraction of sp³-hybridized carbons (Fsp3) is 0.150. The molecular weight excluding hydrogens is 382 g/mol. The molecule has 4 aromatic rings. The number of methoxy groups -OCH3 is 1. The molecule has 3 heterocycles. The molecule has 0 aliphatic carbocycles. The lowest BCUT2D eigenvalue weighted by Gasteiger charge is -2.10. The average molecular weight is 398 g/mol. The van der Waals surface area contributed by atoms with Gasteiger partial charge in [0.1, 0.15) is 5.15 Å². The van der Waals surface area contributed by atoms with Gasteiger partial charge in [0.05, 0.1) is 19.4 Å². The van der Waals surface area contributed by atoms with Gasteiger partial charge < -0.3 is 14.5 Å². The van der Waals surface area contributed by atoms with E-state index in [1.54, 1.807) is 23.5 Å². The van der Waals surface area contributed by atoms with Crippen LogP contribution in [-0.2, 0) is 4.74 Å². The van der Waals surface area contributed by atoms with Crippen LogP contribution in [0.25, 0.3) is 27.8 Å². The van der Waals surface area contributed by atoms with Crippen molar-refractivity contribution in [1.82, 2.24) is 14.4 Å². The number of halogens is 1. The molecule has 7 nitrogen and oxygen atoms in total. The molecule has 1 aromatic carbocycles. The van der Waals surface area contributed by atoms with Crippen LogP contribution in [0.1, 0.15) is 17.4 Å². The molecule has 8 heteroatoms. The number of imidazole rings is 1. The van der Waals surface area contributed by atoms with E-state index in [-0.39, 0.29) is 23.0 Å². The monoisotopic (exact) mass is 397 g/mol. The molecule has 0 spiro atoms. The van der Waals surface area contributed by atoms with Crippen LogP contribution in [0.5, 0.6) is 5.75 Å². The third-order valence-electron chi connectivity index (χ3n) is 4.38. The first-order valence-electron chi connectivity index (χ1n) is 8.59. The van der Waals surface area contributed by atoms with Crippen molar-refractivity contribution in [2.45, 2.75) is 6.92 Å². The van der Waals surface area contributed by atoms with Gasteiger partial charge >= 0.3 is 5.97 Å². The van der Waals surface area contributed by atoms with Crippen molar-refractivity contribution >= 4 is 34.1 Å². The van der Waals surface area contributed by atoms with Crippen molar-refractivity contribution < 1.29 is 14.3 Å². The molecular formula is C20H16ClN3O4. The second-order valence-corrected chi connectivity index (χ2v) is 6.40. The first-order valence-corrected chi connectivity index (χ1v) is 8.96. The van der Waals surface area contributed by atoms with E-state index in [4.69, 9.17) is 21.1 Å². The van der Waals surface area contributed by atoms with Crippen molar-refractivity contribution in [1.29, 1.82) is 0 Å². The maximum atomic E-state index is 12.2. The largest absolute Gasteiger partial charge is 0.493 e. The maximum Gasteiger partial charge on any atom is 0.360 e. The summed E-state index contributed by atoms with van der Waals surface area (Å²) in [5, 5.41) is 1.01. The summed E-state index contributed by atoms with van der Waals surface area (Å²) in [6.07, 6.45) is 0. The average Bonchev–Trinajstić information content (AvgIpc) is 3.05. The van der Waals surface area contributed by atoms with E-state index in [9.17, 15) is 9.59 Å². The number of aromatic nitrogens is 3. The molecule has 0 bridgehead atoms. The summed E-state index contributed by atoms with van der Waals surface area (Å²) in [5.41, 5.74) is 2.56. The SMILES string of the molecule is CCOC(=O)c1nc2c(OC)ccc(-c3ccc4[nH]c(=O)ccc4c3)n2c1Cl. The van der Waals surface area contributed by atoms with Crippen LogP contribution in [-0.4, -0.2) is 34.1 Å². The lowest BCUT2D eigenvalue weighted by molar-refractivity contribution is 0.0520. The van der Waals surface area contributed by atoms with Gasteiger partial charge in [-0.15, -0.1) is 0 Å². The number of pyridine rings is 2. The van der Waals surface area contributed by atoms with Crippen molar-refractivity contribution in [3.63, 3.8) is 0 Å². The van der Waals surface area contributed by atoms with Gasteiger partial charge in [0, 0.05) is 11.6 Å². The molecule has 0 aliphatic heterocycles. The van der Waals surface area contributed by atoms with Gasteiger partial charge in [-0.1, -0.05) is 17.7 Å². The molecule has 0 amide bonds. The zero-order valence-electron chi connectivity index (χ0n) is 15.2. The number of fused-ring (bicyclic) bond motifs is 2. The summed E-state index contributed by atoms with van der Waals surface area (Å²) in [6, 6.07) is 12.4. The van der Waals surface area contributed by atoms with Gasteiger partial charge in [0.25, 0.3) is 0 Å². The Morgan fingerprint density at radius 2 is 2.04 bits per heavy atom. The van der Waals surface area contributed by atoms with Crippen LogP contribution in [0, 0.1) is 0 Å². The Morgan fingerprint density at radius 1 is 1.21 bits per heavy atom. The van der Waals surface area contributed by atoms with Gasteiger partial charge in [-0.2, -0.15) is 0 Å². The summed E-state index contributed by atoms with van der Waals surface area (Å²) in [5.74, 6) is -0.119. The number of H-pyrrole nitrogens is 1. The number of ether oxygens (including phenoxy) is 2. The Labute approximate surface area is 164 Å². The molecule has 142 valence electrons. The van der Waals surface area contributed by atoms with E-state index in [2.05, 4.69) is 9.97 Å². The van der Waals surface area contributed by atoms with Crippen molar-refractivity contribution in [3.8, 4) is 17.0 Å². The predicted molar refractivity (Wildman–Crippen MR) is 106 cm³/mol. The molecule has 3 aromatic heterocycles. The first-order chi connectivity index (χ1) is 13.5. The molecule has 28 heavy (non-hydrogen) atoms. The molecule has 0 saturated heterocycles. The van der Waals surface area contributed by atoms with E-state index in [1.165, 1.54) is 13.2 Å². The Kier molecular flexibility index (Phi) is 4.52. The van der Waals surface area contributed by atoms with Crippen LogP contribution in [0.2, 0.25) is 5.15 Å². The topological polar surface area (TPSA) is 85.7 Å². The fourth-order valence-electron chi connectivity index (χ4n) is 3.12. The third kappa shape index (κ3) is 2.90. The Morgan fingerprint density at radius 3 is 2.79 bits per heavy atom. The lowest BCUT2D eigenvalue weighted by atomic mass is 10.1. The summed E-state index contributed by atoms with van der Waals surface area (Å²) in [6.45, 7) is 1.93. The minimum absolute atomic E-state index is 0.0272. The molecule has 0 aliphatic rings. The first kappa shape index (κ1) is 18.1. The molecule has 0 saturated carbocycles. The van der Waals surface area contributed by atoms with Gasteiger partial charge in [-0.3, -0.25) is 9.20 Å². The van der Waals surface area contributed by atoms with Gasteiger partial charge in [0.15, 0.2) is 17.1 Å². The summed E-state index contributed by atoms with van der Waals surface area (Å²) in [4.78, 5) is 30.9. The van der Waals surface area contributed by atoms with Gasteiger partial charge in [0.2, 0.25) is 5.56 Å². The summed E-state index contributed by atoms with van der Waals surface area (Å²) in [7, 11) is 1.52. The molecule has 0 unspecified atom stereocenters. The van der Waals surface area contributed by atoms with E-state index in [0.29, 0.717) is 11.4 Å². The number of nitrogens with one attached hydrogen (secondary N) is 1. The highest BCUT2D eigenvalue weighted by molar-refractivity contribution is 6.33. The van der Waals surface area contributed by atoms with Crippen LogP contribution >= 0.6 is 11.6 Å². The highest BCUT2D eigenvalue weighted by atomic mass is 35.5. The zero-order chi connectivity index (χ0) is 19.8. The Balaban J connectivity index is 1.98. The normalized spacial score (nSPS) is 11.1. The van der Waals surface area contributed by atoms with Crippen LogP contribution in [0.3, 0.4) is 0 Å². The second-order valence-electron chi connectivity index (χ2n) is 6.04. The molecule has 0 atom stereocenters. The Hall–Kier alpha value is -3.32. The minimum atomic E-state index is -0.597. The summed E-state index contributed by atoms with van der Waals surface area (Å²) >= 11 is 6.51. The van der Waals surface area contributed by atoms with E-state index >= 15 is 0 Å².